The molecule has 2 aromatic heterocycles. The van der Waals surface area contributed by atoms with Crippen molar-refractivity contribution in [1.82, 2.24) is 20.0 Å². The van der Waals surface area contributed by atoms with Gasteiger partial charge in [-0.1, -0.05) is 35.0 Å². The van der Waals surface area contributed by atoms with Gasteiger partial charge in [0.1, 0.15) is 0 Å². The minimum Gasteiger partial charge on any atom is -0.338 e. The average Bonchev–Trinajstić information content (AvgIpc) is 3.13. The molecule has 1 aliphatic rings. The van der Waals surface area contributed by atoms with Gasteiger partial charge in [0.2, 0.25) is 11.7 Å². The lowest BCUT2D eigenvalue weighted by Gasteiger charge is -2.31. The van der Waals surface area contributed by atoms with E-state index in [-0.39, 0.29) is 0 Å². The van der Waals surface area contributed by atoms with Crippen molar-refractivity contribution in [2.24, 2.45) is 5.92 Å². The van der Waals surface area contributed by atoms with Crippen LogP contribution in [-0.4, -0.2) is 33.1 Å². The number of likely N-dealkylation sites (tertiary alicyclic amines) is 1. The molecule has 0 saturated carbocycles. The smallest absolute Gasteiger partial charge is 0.241 e. The van der Waals surface area contributed by atoms with E-state index in [0.29, 0.717) is 17.6 Å². The SMILES string of the molecule is Cc1ccc(CC2CCCN(Cc3nc(-c4cccnc4)no3)C2)cc1. The Morgan fingerprint density at radius 1 is 1.19 bits per heavy atom. The maximum absolute atomic E-state index is 5.46. The molecule has 0 spiro atoms. The Hall–Kier alpha value is -2.53. The Morgan fingerprint density at radius 2 is 2.08 bits per heavy atom. The van der Waals surface area contributed by atoms with E-state index in [9.17, 15) is 0 Å². The monoisotopic (exact) mass is 348 g/mol. The first-order valence-electron chi connectivity index (χ1n) is 9.27. The Kier molecular flexibility index (Phi) is 5.07. The van der Waals surface area contributed by atoms with Crippen LogP contribution < -0.4 is 0 Å². The van der Waals surface area contributed by atoms with E-state index in [1.165, 1.54) is 24.0 Å². The zero-order chi connectivity index (χ0) is 17.8. The van der Waals surface area contributed by atoms with Crippen LogP contribution in [0.3, 0.4) is 0 Å². The molecule has 134 valence electrons. The van der Waals surface area contributed by atoms with E-state index in [2.05, 4.69) is 51.2 Å². The zero-order valence-corrected chi connectivity index (χ0v) is 15.1. The highest BCUT2D eigenvalue weighted by molar-refractivity contribution is 5.51. The molecular weight excluding hydrogens is 324 g/mol. The highest BCUT2D eigenvalue weighted by Crippen LogP contribution is 2.23. The Labute approximate surface area is 154 Å². The van der Waals surface area contributed by atoms with Gasteiger partial charge in [-0.2, -0.15) is 4.98 Å². The zero-order valence-electron chi connectivity index (χ0n) is 15.1. The predicted octanol–water partition coefficient (Wildman–Crippen LogP) is 3.89. The van der Waals surface area contributed by atoms with Gasteiger partial charge >= 0.3 is 0 Å². The summed E-state index contributed by atoms with van der Waals surface area (Å²) in [5.74, 6) is 1.98. The molecule has 1 aromatic carbocycles. The van der Waals surface area contributed by atoms with Crippen LogP contribution in [0, 0.1) is 12.8 Å². The van der Waals surface area contributed by atoms with Gasteiger partial charge in [0.15, 0.2) is 0 Å². The van der Waals surface area contributed by atoms with Crippen molar-refractivity contribution in [1.29, 1.82) is 0 Å². The van der Waals surface area contributed by atoms with E-state index in [0.717, 1.165) is 31.6 Å². The fraction of sp³-hybridized carbons (Fsp3) is 0.381. The van der Waals surface area contributed by atoms with Crippen molar-refractivity contribution in [2.45, 2.75) is 32.7 Å². The molecule has 0 N–H and O–H groups in total. The first-order chi connectivity index (χ1) is 12.8. The van der Waals surface area contributed by atoms with Gasteiger partial charge in [0.25, 0.3) is 0 Å². The summed E-state index contributed by atoms with van der Waals surface area (Å²) in [7, 11) is 0. The van der Waals surface area contributed by atoms with Crippen LogP contribution in [-0.2, 0) is 13.0 Å². The van der Waals surface area contributed by atoms with Crippen LogP contribution >= 0.6 is 0 Å². The number of hydrogen-bond acceptors (Lipinski definition) is 5. The number of nitrogens with zero attached hydrogens (tertiary/aromatic N) is 4. The van der Waals surface area contributed by atoms with E-state index >= 15 is 0 Å². The molecule has 1 saturated heterocycles. The van der Waals surface area contributed by atoms with Crippen molar-refractivity contribution in [3.63, 3.8) is 0 Å². The van der Waals surface area contributed by atoms with E-state index in [1.54, 1.807) is 12.4 Å². The Morgan fingerprint density at radius 3 is 2.88 bits per heavy atom. The Bertz CT molecular complexity index is 829. The number of benzene rings is 1. The van der Waals surface area contributed by atoms with Gasteiger partial charge in [0, 0.05) is 24.5 Å². The number of piperidine rings is 1. The topological polar surface area (TPSA) is 55.1 Å². The summed E-state index contributed by atoms with van der Waals surface area (Å²) in [6, 6.07) is 12.7. The summed E-state index contributed by atoms with van der Waals surface area (Å²) < 4.78 is 5.46. The van der Waals surface area contributed by atoms with Crippen molar-refractivity contribution in [3.05, 3.63) is 65.8 Å². The van der Waals surface area contributed by atoms with Gasteiger partial charge in [-0.3, -0.25) is 9.88 Å². The first kappa shape index (κ1) is 16.9. The Balaban J connectivity index is 1.36. The molecule has 1 aliphatic heterocycles. The highest BCUT2D eigenvalue weighted by Gasteiger charge is 2.22. The minimum absolute atomic E-state index is 0.612. The maximum atomic E-state index is 5.46. The average molecular weight is 348 g/mol. The molecule has 1 fully saturated rings. The first-order valence-corrected chi connectivity index (χ1v) is 9.27. The van der Waals surface area contributed by atoms with Crippen molar-refractivity contribution in [3.8, 4) is 11.4 Å². The highest BCUT2D eigenvalue weighted by atomic mass is 16.5. The number of pyridine rings is 1. The molecule has 5 heteroatoms. The van der Waals surface area contributed by atoms with Crippen molar-refractivity contribution < 1.29 is 4.52 Å². The van der Waals surface area contributed by atoms with Crippen LogP contribution in [0.1, 0.15) is 29.9 Å². The molecule has 5 nitrogen and oxygen atoms in total. The van der Waals surface area contributed by atoms with Gasteiger partial charge < -0.3 is 4.52 Å². The molecule has 0 radical (unpaired) electrons. The molecule has 1 unspecified atom stereocenters. The lowest BCUT2D eigenvalue weighted by molar-refractivity contribution is 0.149. The van der Waals surface area contributed by atoms with Crippen LogP contribution in [0.25, 0.3) is 11.4 Å². The molecule has 3 aromatic rings. The third kappa shape index (κ3) is 4.17. The van der Waals surface area contributed by atoms with Crippen LogP contribution in [0.15, 0.2) is 53.3 Å². The fourth-order valence-electron chi connectivity index (χ4n) is 3.64. The number of aryl methyl sites for hydroxylation is 1. The lowest BCUT2D eigenvalue weighted by Crippen LogP contribution is -2.35. The summed E-state index contributed by atoms with van der Waals surface area (Å²) in [4.78, 5) is 11.1. The molecule has 26 heavy (non-hydrogen) atoms. The summed E-state index contributed by atoms with van der Waals surface area (Å²) in [5, 5.41) is 4.09. The molecule has 0 bridgehead atoms. The van der Waals surface area contributed by atoms with E-state index < -0.39 is 0 Å². The van der Waals surface area contributed by atoms with Gasteiger partial charge in [-0.05, 0) is 56.3 Å². The summed E-state index contributed by atoms with van der Waals surface area (Å²) in [6.07, 6.45) is 7.15. The third-order valence-electron chi connectivity index (χ3n) is 4.99. The molecule has 0 amide bonds. The predicted molar refractivity (Wildman–Crippen MR) is 100 cm³/mol. The summed E-state index contributed by atoms with van der Waals surface area (Å²) in [6.45, 7) is 5.03. The van der Waals surface area contributed by atoms with Gasteiger partial charge in [0.05, 0.1) is 6.54 Å². The second-order valence-corrected chi connectivity index (χ2v) is 7.19. The standard InChI is InChI=1S/C21H24N4O/c1-16-6-8-17(9-7-16)12-18-4-3-11-25(14-18)15-20-23-21(24-26-20)19-5-2-10-22-13-19/h2,5-10,13,18H,3-4,11-12,14-15H2,1H3. The van der Waals surface area contributed by atoms with Gasteiger partial charge in [-0.15, -0.1) is 0 Å². The minimum atomic E-state index is 0.612. The van der Waals surface area contributed by atoms with Crippen LogP contribution in [0.5, 0.6) is 0 Å². The fourth-order valence-corrected chi connectivity index (χ4v) is 3.64. The van der Waals surface area contributed by atoms with Crippen molar-refractivity contribution >= 4 is 0 Å². The molecule has 4 rings (SSSR count). The second-order valence-electron chi connectivity index (χ2n) is 7.19. The number of rotatable bonds is 5. The summed E-state index contributed by atoms with van der Waals surface area (Å²) >= 11 is 0. The van der Waals surface area contributed by atoms with E-state index in [1.807, 2.05) is 12.1 Å². The maximum Gasteiger partial charge on any atom is 0.241 e. The quantitative estimate of drug-likeness (QED) is 0.700. The molecule has 3 heterocycles. The summed E-state index contributed by atoms with van der Waals surface area (Å²) in [5.41, 5.74) is 3.64. The van der Waals surface area contributed by atoms with Crippen molar-refractivity contribution in [2.75, 3.05) is 13.1 Å². The van der Waals surface area contributed by atoms with E-state index in [4.69, 9.17) is 4.52 Å². The normalized spacial score (nSPS) is 18.1. The largest absolute Gasteiger partial charge is 0.338 e. The number of hydrogen-bond donors (Lipinski definition) is 0. The van der Waals surface area contributed by atoms with Crippen LogP contribution in [0.2, 0.25) is 0 Å². The number of aromatic nitrogens is 3. The second kappa shape index (κ2) is 7.79. The third-order valence-corrected chi connectivity index (χ3v) is 4.99. The molecular formula is C21H24N4O. The van der Waals surface area contributed by atoms with Crippen LogP contribution in [0.4, 0.5) is 0 Å². The van der Waals surface area contributed by atoms with Gasteiger partial charge in [-0.25, -0.2) is 0 Å². The molecule has 0 aliphatic carbocycles. The molecule has 1 atom stereocenters. The lowest BCUT2D eigenvalue weighted by atomic mass is 9.91.